The second-order valence-electron chi connectivity index (χ2n) is 3.19. The van der Waals surface area contributed by atoms with E-state index >= 15 is 0 Å². The molecule has 0 heterocycles. The fourth-order valence-corrected chi connectivity index (χ4v) is 2.19. The van der Waals surface area contributed by atoms with E-state index in [4.69, 9.17) is 17.3 Å². The van der Waals surface area contributed by atoms with Crippen molar-refractivity contribution in [3.05, 3.63) is 17.0 Å². The molecule has 2 atom stereocenters. The van der Waals surface area contributed by atoms with Crippen LogP contribution in [0.4, 0.5) is 0 Å². The van der Waals surface area contributed by atoms with E-state index in [1.807, 2.05) is 0 Å². The topological polar surface area (TPSA) is 26.0 Å². The Morgan fingerprint density at radius 1 is 1.60 bits per heavy atom. The lowest BCUT2D eigenvalue weighted by Gasteiger charge is -2.22. The number of hydrogen-bond acceptors (Lipinski definition) is 1. The standard InChI is InChI=1S/C8H11ClN/c9-7-4-5-1-2-6(3-5)8(7)10/h4-5,8H,1-3,10H2. The number of fused-ring (bicyclic) bond motifs is 2. The summed E-state index contributed by atoms with van der Waals surface area (Å²) < 4.78 is 0. The SMILES string of the molecule is NC1[C]2CCC(C=C1Cl)C2. The Morgan fingerprint density at radius 3 is 3.20 bits per heavy atom. The van der Waals surface area contributed by atoms with Gasteiger partial charge in [0.05, 0.1) is 0 Å². The molecule has 1 nitrogen and oxygen atoms in total. The largest absolute Gasteiger partial charge is 0.323 e. The van der Waals surface area contributed by atoms with E-state index in [1.54, 1.807) is 0 Å². The molecule has 0 aromatic rings. The van der Waals surface area contributed by atoms with Crippen LogP contribution in [0.3, 0.4) is 0 Å². The van der Waals surface area contributed by atoms with Gasteiger partial charge in [0, 0.05) is 11.1 Å². The molecule has 2 bridgehead atoms. The molecule has 1 saturated carbocycles. The summed E-state index contributed by atoms with van der Waals surface area (Å²) in [6.07, 6.45) is 5.78. The zero-order valence-corrected chi connectivity index (χ0v) is 6.56. The van der Waals surface area contributed by atoms with Crippen LogP contribution in [0.15, 0.2) is 11.1 Å². The minimum absolute atomic E-state index is 0.0698. The average molecular weight is 157 g/mol. The van der Waals surface area contributed by atoms with Crippen LogP contribution in [0.5, 0.6) is 0 Å². The van der Waals surface area contributed by atoms with Crippen LogP contribution < -0.4 is 5.73 Å². The van der Waals surface area contributed by atoms with Gasteiger partial charge in [-0.15, -0.1) is 0 Å². The molecule has 0 spiro atoms. The van der Waals surface area contributed by atoms with Gasteiger partial charge in [0.2, 0.25) is 0 Å². The molecule has 1 fully saturated rings. The Morgan fingerprint density at radius 2 is 2.40 bits per heavy atom. The van der Waals surface area contributed by atoms with E-state index in [0.29, 0.717) is 5.92 Å². The first-order chi connectivity index (χ1) is 4.77. The highest BCUT2D eigenvalue weighted by molar-refractivity contribution is 6.30. The average Bonchev–Trinajstić information content (AvgIpc) is 2.29. The third-order valence-corrected chi connectivity index (χ3v) is 2.85. The monoisotopic (exact) mass is 156 g/mol. The molecule has 2 unspecified atom stereocenters. The first-order valence-corrected chi connectivity index (χ1v) is 4.12. The van der Waals surface area contributed by atoms with Gasteiger partial charge in [-0.2, -0.15) is 0 Å². The lowest BCUT2D eigenvalue weighted by atomic mass is 9.91. The highest BCUT2D eigenvalue weighted by Gasteiger charge is 2.34. The van der Waals surface area contributed by atoms with E-state index in [2.05, 4.69) is 6.08 Å². The summed E-state index contributed by atoms with van der Waals surface area (Å²) in [7, 11) is 0. The number of halogens is 1. The lowest BCUT2D eigenvalue weighted by Crippen LogP contribution is -2.29. The van der Waals surface area contributed by atoms with Crippen molar-refractivity contribution in [3.8, 4) is 0 Å². The molecule has 55 valence electrons. The van der Waals surface area contributed by atoms with Crippen LogP contribution in [0.25, 0.3) is 0 Å². The van der Waals surface area contributed by atoms with Crippen molar-refractivity contribution in [2.75, 3.05) is 0 Å². The van der Waals surface area contributed by atoms with Gasteiger partial charge in [0.15, 0.2) is 0 Å². The Kier molecular flexibility index (Phi) is 1.50. The van der Waals surface area contributed by atoms with E-state index < -0.39 is 0 Å². The van der Waals surface area contributed by atoms with Crippen molar-refractivity contribution in [2.45, 2.75) is 25.3 Å². The van der Waals surface area contributed by atoms with Crippen LogP contribution in [-0.4, -0.2) is 6.04 Å². The predicted molar refractivity (Wildman–Crippen MR) is 42.5 cm³/mol. The first kappa shape index (κ1) is 6.68. The highest BCUT2D eigenvalue weighted by atomic mass is 35.5. The number of allylic oxidation sites excluding steroid dienone is 1. The molecular weight excluding hydrogens is 146 g/mol. The second kappa shape index (κ2) is 2.24. The zero-order chi connectivity index (χ0) is 7.14. The quantitative estimate of drug-likeness (QED) is 0.569. The van der Waals surface area contributed by atoms with Gasteiger partial charge < -0.3 is 5.73 Å². The summed E-state index contributed by atoms with van der Waals surface area (Å²) in [5.41, 5.74) is 5.82. The third kappa shape index (κ3) is 0.886. The summed E-state index contributed by atoms with van der Waals surface area (Å²) in [4.78, 5) is 0. The summed E-state index contributed by atoms with van der Waals surface area (Å²) in [6.45, 7) is 0. The van der Waals surface area contributed by atoms with E-state index in [1.165, 1.54) is 25.2 Å². The maximum Gasteiger partial charge on any atom is 0.0463 e. The molecule has 2 heteroatoms. The first-order valence-electron chi connectivity index (χ1n) is 3.75. The van der Waals surface area contributed by atoms with Gasteiger partial charge in [0.25, 0.3) is 0 Å². The fraction of sp³-hybridized carbons (Fsp3) is 0.625. The summed E-state index contributed by atoms with van der Waals surface area (Å²) >= 11 is 5.91. The highest BCUT2D eigenvalue weighted by Crippen LogP contribution is 2.42. The van der Waals surface area contributed by atoms with Crippen LogP contribution >= 0.6 is 11.6 Å². The molecule has 2 rings (SSSR count). The minimum Gasteiger partial charge on any atom is -0.323 e. The molecular formula is C8H11ClN. The normalized spacial score (nSPS) is 40.0. The molecule has 2 aliphatic carbocycles. The van der Waals surface area contributed by atoms with E-state index in [-0.39, 0.29) is 6.04 Å². The Balaban J connectivity index is 2.25. The molecule has 1 radical (unpaired) electrons. The lowest BCUT2D eigenvalue weighted by molar-refractivity contribution is 0.638. The molecule has 0 saturated heterocycles. The molecule has 2 N–H and O–H groups in total. The van der Waals surface area contributed by atoms with Gasteiger partial charge in [0.1, 0.15) is 0 Å². The molecule has 10 heavy (non-hydrogen) atoms. The molecule has 0 amide bonds. The van der Waals surface area contributed by atoms with Crippen LogP contribution in [0.2, 0.25) is 0 Å². The Hall–Kier alpha value is -0.0100. The Bertz CT molecular complexity index is 176. The van der Waals surface area contributed by atoms with Crippen molar-refractivity contribution >= 4 is 11.6 Å². The summed E-state index contributed by atoms with van der Waals surface area (Å²) in [5, 5.41) is 0.865. The van der Waals surface area contributed by atoms with Crippen molar-refractivity contribution in [1.82, 2.24) is 0 Å². The zero-order valence-electron chi connectivity index (χ0n) is 5.81. The van der Waals surface area contributed by atoms with Crippen molar-refractivity contribution in [1.29, 1.82) is 0 Å². The number of hydrogen-bond donors (Lipinski definition) is 1. The maximum absolute atomic E-state index is 5.91. The summed E-state index contributed by atoms with van der Waals surface area (Å²) in [5.74, 6) is 2.17. The van der Waals surface area contributed by atoms with Crippen LogP contribution in [0, 0.1) is 11.8 Å². The minimum atomic E-state index is 0.0698. The number of rotatable bonds is 0. The molecule has 0 aromatic carbocycles. The van der Waals surface area contributed by atoms with Gasteiger partial charge in [-0.3, -0.25) is 0 Å². The van der Waals surface area contributed by atoms with Crippen molar-refractivity contribution < 1.29 is 0 Å². The third-order valence-electron chi connectivity index (χ3n) is 2.49. The van der Waals surface area contributed by atoms with Gasteiger partial charge in [-0.05, 0) is 31.1 Å². The molecule has 0 aliphatic heterocycles. The maximum atomic E-state index is 5.91. The summed E-state index contributed by atoms with van der Waals surface area (Å²) in [6, 6.07) is 0.0698. The smallest absolute Gasteiger partial charge is 0.0463 e. The Labute approximate surface area is 66.2 Å². The van der Waals surface area contributed by atoms with Crippen LogP contribution in [-0.2, 0) is 0 Å². The predicted octanol–water partition coefficient (Wildman–Crippen LogP) is 1.82. The second-order valence-corrected chi connectivity index (χ2v) is 3.63. The van der Waals surface area contributed by atoms with Gasteiger partial charge in [-0.1, -0.05) is 17.7 Å². The number of nitrogens with two attached hydrogens (primary N) is 1. The van der Waals surface area contributed by atoms with E-state index in [0.717, 1.165) is 5.03 Å². The van der Waals surface area contributed by atoms with Gasteiger partial charge >= 0.3 is 0 Å². The van der Waals surface area contributed by atoms with Crippen molar-refractivity contribution in [3.63, 3.8) is 0 Å². The van der Waals surface area contributed by atoms with E-state index in [9.17, 15) is 0 Å². The fourth-order valence-electron chi connectivity index (χ4n) is 1.86. The van der Waals surface area contributed by atoms with Gasteiger partial charge in [-0.25, -0.2) is 0 Å². The van der Waals surface area contributed by atoms with Crippen molar-refractivity contribution in [2.24, 2.45) is 11.7 Å². The van der Waals surface area contributed by atoms with Crippen LogP contribution in [0.1, 0.15) is 19.3 Å². The molecule has 2 aliphatic rings. The molecule has 0 aromatic heterocycles.